The summed E-state index contributed by atoms with van der Waals surface area (Å²) in [7, 11) is 0. The average molecular weight is 428 g/mol. The van der Waals surface area contributed by atoms with Crippen molar-refractivity contribution in [3.05, 3.63) is 53.1 Å². The first-order valence-corrected chi connectivity index (χ1v) is 10.9. The van der Waals surface area contributed by atoms with Crippen LogP contribution in [0.25, 0.3) is 0 Å². The minimum Gasteiger partial charge on any atom is -0.490 e. The summed E-state index contributed by atoms with van der Waals surface area (Å²) in [6.07, 6.45) is -0.261. The normalized spacial score (nSPS) is 20.4. The van der Waals surface area contributed by atoms with Gasteiger partial charge in [-0.25, -0.2) is 5.43 Å². The molecule has 168 valence electrons. The minimum absolute atomic E-state index is 0.0879. The van der Waals surface area contributed by atoms with Crippen molar-refractivity contribution in [3.8, 4) is 17.2 Å². The number of carbonyl (C=O) groups excluding carboxylic acids is 1. The Balaban J connectivity index is 1.86. The van der Waals surface area contributed by atoms with Crippen LogP contribution in [0, 0.1) is 6.92 Å². The Labute approximate surface area is 184 Å². The molecule has 1 amide bonds. The summed E-state index contributed by atoms with van der Waals surface area (Å²) < 4.78 is 17.2. The second-order valence-electron chi connectivity index (χ2n) is 7.57. The maximum atomic E-state index is 13.2. The Morgan fingerprint density at radius 2 is 1.52 bits per heavy atom. The van der Waals surface area contributed by atoms with Gasteiger partial charge in [-0.15, -0.1) is 0 Å². The maximum Gasteiger partial charge on any atom is 0.252 e. The molecule has 1 aliphatic rings. The van der Waals surface area contributed by atoms with Crippen LogP contribution in [0.5, 0.6) is 17.2 Å². The van der Waals surface area contributed by atoms with Gasteiger partial charge in [0.05, 0.1) is 19.8 Å². The van der Waals surface area contributed by atoms with Gasteiger partial charge in [-0.3, -0.25) is 10.2 Å². The molecule has 2 aromatic rings. The summed E-state index contributed by atoms with van der Waals surface area (Å²) in [6.45, 7) is 11.2. The number of amides is 1. The van der Waals surface area contributed by atoms with Crippen molar-refractivity contribution in [2.45, 2.75) is 52.7 Å². The van der Waals surface area contributed by atoms with Crippen molar-refractivity contribution in [2.75, 3.05) is 19.8 Å². The molecule has 1 heterocycles. The highest BCUT2D eigenvalue weighted by atomic mass is 16.5. The third-order valence-electron chi connectivity index (χ3n) is 5.28. The molecule has 0 saturated carbocycles. The molecule has 3 atom stereocenters. The van der Waals surface area contributed by atoms with Crippen LogP contribution < -0.4 is 30.4 Å². The minimum atomic E-state index is -0.261. The van der Waals surface area contributed by atoms with E-state index in [0.29, 0.717) is 42.6 Å². The number of rotatable bonds is 9. The van der Waals surface area contributed by atoms with Gasteiger partial charge < -0.3 is 19.5 Å². The van der Waals surface area contributed by atoms with E-state index in [4.69, 9.17) is 14.2 Å². The molecule has 0 spiro atoms. The van der Waals surface area contributed by atoms with Crippen LogP contribution in [0.1, 0.15) is 55.1 Å². The predicted octanol–water partition coefficient (Wildman–Crippen LogP) is 3.53. The molecule has 0 radical (unpaired) electrons. The molecule has 1 aliphatic heterocycles. The molecule has 3 unspecified atom stereocenters. The Hall–Kier alpha value is -2.77. The lowest BCUT2D eigenvalue weighted by Gasteiger charge is -2.23. The van der Waals surface area contributed by atoms with Crippen molar-refractivity contribution in [2.24, 2.45) is 0 Å². The zero-order valence-corrected chi connectivity index (χ0v) is 19.0. The van der Waals surface area contributed by atoms with E-state index in [1.807, 2.05) is 20.8 Å². The predicted molar refractivity (Wildman–Crippen MR) is 121 cm³/mol. The van der Waals surface area contributed by atoms with Crippen molar-refractivity contribution < 1.29 is 19.0 Å². The van der Waals surface area contributed by atoms with E-state index in [0.717, 1.165) is 5.56 Å². The van der Waals surface area contributed by atoms with E-state index >= 15 is 0 Å². The number of benzene rings is 2. The van der Waals surface area contributed by atoms with Gasteiger partial charge in [-0.1, -0.05) is 29.8 Å². The first-order valence-electron chi connectivity index (χ1n) is 10.9. The van der Waals surface area contributed by atoms with Crippen LogP contribution in [-0.2, 0) is 0 Å². The highest BCUT2D eigenvalue weighted by Gasteiger charge is 2.35. The quantitative estimate of drug-likeness (QED) is 0.568. The fourth-order valence-corrected chi connectivity index (χ4v) is 3.83. The van der Waals surface area contributed by atoms with Crippen LogP contribution in [0.15, 0.2) is 36.4 Å². The van der Waals surface area contributed by atoms with Crippen molar-refractivity contribution in [3.63, 3.8) is 0 Å². The van der Waals surface area contributed by atoms with Gasteiger partial charge in [0.25, 0.3) is 5.91 Å². The Morgan fingerprint density at radius 3 is 2.06 bits per heavy atom. The van der Waals surface area contributed by atoms with Gasteiger partial charge in [0.2, 0.25) is 5.75 Å². The van der Waals surface area contributed by atoms with Crippen LogP contribution in [0.2, 0.25) is 0 Å². The lowest BCUT2D eigenvalue weighted by Crippen LogP contribution is -2.46. The number of ether oxygens (including phenoxy) is 3. The molecule has 1 saturated heterocycles. The van der Waals surface area contributed by atoms with Crippen LogP contribution in [-0.4, -0.2) is 37.9 Å². The van der Waals surface area contributed by atoms with E-state index in [-0.39, 0.29) is 24.0 Å². The lowest BCUT2D eigenvalue weighted by molar-refractivity contribution is 0.0927. The summed E-state index contributed by atoms with van der Waals surface area (Å²) in [5, 5.41) is 3.11. The number of nitrogens with one attached hydrogen (secondary N) is 3. The van der Waals surface area contributed by atoms with Gasteiger partial charge in [0, 0.05) is 17.5 Å². The van der Waals surface area contributed by atoms with Gasteiger partial charge >= 0.3 is 0 Å². The molecule has 7 nitrogen and oxygen atoms in total. The first kappa shape index (κ1) is 22.9. The molecule has 3 N–H and O–H groups in total. The second kappa shape index (κ2) is 10.5. The van der Waals surface area contributed by atoms with Crippen molar-refractivity contribution >= 4 is 5.91 Å². The first-order chi connectivity index (χ1) is 15.0. The van der Waals surface area contributed by atoms with Gasteiger partial charge in [-0.2, -0.15) is 0 Å². The molecule has 3 rings (SSSR count). The topological polar surface area (TPSA) is 80.9 Å². The van der Waals surface area contributed by atoms with Crippen LogP contribution in [0.4, 0.5) is 0 Å². The summed E-state index contributed by atoms with van der Waals surface area (Å²) in [6, 6.07) is 12.0. The third kappa shape index (κ3) is 5.29. The molecule has 2 aromatic carbocycles. The maximum absolute atomic E-state index is 13.2. The number of aryl methyl sites for hydroxylation is 1. The van der Waals surface area contributed by atoms with Crippen molar-refractivity contribution in [1.82, 2.24) is 16.2 Å². The fourth-order valence-electron chi connectivity index (χ4n) is 3.83. The Kier molecular flexibility index (Phi) is 7.76. The number of carbonyl (C=O) groups is 1. The van der Waals surface area contributed by atoms with Gasteiger partial charge in [0.1, 0.15) is 6.17 Å². The number of hydrazine groups is 1. The highest BCUT2D eigenvalue weighted by molar-refractivity contribution is 5.96. The molecule has 0 aromatic heterocycles. The fraction of sp³-hybridized carbons (Fsp3) is 0.458. The monoisotopic (exact) mass is 427 g/mol. The van der Waals surface area contributed by atoms with E-state index < -0.39 is 0 Å². The van der Waals surface area contributed by atoms with Crippen molar-refractivity contribution in [1.29, 1.82) is 0 Å². The number of hydrogen-bond donors (Lipinski definition) is 3. The molecule has 7 heteroatoms. The summed E-state index contributed by atoms with van der Waals surface area (Å²) in [5.41, 5.74) is 9.28. The van der Waals surface area contributed by atoms with E-state index in [1.54, 1.807) is 12.1 Å². The number of hydrogen-bond acceptors (Lipinski definition) is 6. The molecular formula is C24H33N3O4. The van der Waals surface area contributed by atoms with Crippen LogP contribution >= 0.6 is 0 Å². The van der Waals surface area contributed by atoms with Gasteiger partial charge in [-0.05, 0) is 52.3 Å². The highest BCUT2D eigenvalue weighted by Crippen LogP contribution is 2.39. The Morgan fingerprint density at radius 1 is 0.935 bits per heavy atom. The molecule has 0 aliphatic carbocycles. The van der Waals surface area contributed by atoms with E-state index in [9.17, 15) is 4.79 Å². The lowest BCUT2D eigenvalue weighted by atomic mass is 9.91. The summed E-state index contributed by atoms with van der Waals surface area (Å²) in [4.78, 5) is 13.2. The zero-order valence-electron chi connectivity index (χ0n) is 19.0. The van der Waals surface area contributed by atoms with E-state index in [2.05, 4.69) is 54.3 Å². The summed E-state index contributed by atoms with van der Waals surface area (Å²) >= 11 is 0. The Bertz CT molecular complexity index is 858. The molecular weight excluding hydrogens is 394 g/mol. The smallest absolute Gasteiger partial charge is 0.252 e. The summed E-state index contributed by atoms with van der Waals surface area (Å²) in [5.74, 6) is 1.40. The average Bonchev–Trinajstić information content (AvgIpc) is 3.11. The van der Waals surface area contributed by atoms with Gasteiger partial charge in [0.15, 0.2) is 11.5 Å². The second-order valence-corrected chi connectivity index (χ2v) is 7.57. The SMILES string of the molecule is CCOc1cc(C(=O)NC2NNC(C)C2c2ccc(C)cc2)cc(OCC)c1OCC. The third-order valence-corrected chi connectivity index (χ3v) is 5.28. The van der Waals surface area contributed by atoms with Crippen LogP contribution in [0.3, 0.4) is 0 Å². The molecule has 0 bridgehead atoms. The zero-order chi connectivity index (χ0) is 22.4. The largest absolute Gasteiger partial charge is 0.490 e. The molecule has 1 fully saturated rings. The molecule has 31 heavy (non-hydrogen) atoms. The van der Waals surface area contributed by atoms with E-state index in [1.165, 1.54) is 5.56 Å². The standard InChI is InChI=1S/C24H33N3O4/c1-6-29-19-13-18(14-20(30-7-2)22(19)31-8-3)24(28)25-23-21(16(5)26-27-23)17-11-9-15(4)10-12-17/h9-14,16,21,23,26-27H,6-8H2,1-5H3,(H,25,28).